The largest absolute Gasteiger partial charge is 0.462 e. The first kappa shape index (κ1) is 21.6. The Bertz CT molecular complexity index is 386. The molecule has 0 fully saturated rings. The van der Waals surface area contributed by atoms with Crippen LogP contribution >= 0.6 is 0 Å². The van der Waals surface area contributed by atoms with Crippen LogP contribution in [0, 0.1) is 0 Å². The van der Waals surface area contributed by atoms with E-state index in [1.807, 2.05) is 37.3 Å². The van der Waals surface area contributed by atoms with Gasteiger partial charge < -0.3 is 20.1 Å². The van der Waals surface area contributed by atoms with Gasteiger partial charge in [-0.3, -0.25) is 0 Å². The van der Waals surface area contributed by atoms with Gasteiger partial charge in [-0.25, -0.2) is 0 Å². The molecule has 23 heavy (non-hydrogen) atoms. The van der Waals surface area contributed by atoms with Crippen molar-refractivity contribution in [1.82, 2.24) is 0 Å². The van der Waals surface area contributed by atoms with Crippen molar-refractivity contribution in [3.63, 3.8) is 0 Å². The molecule has 0 atom stereocenters. The van der Waals surface area contributed by atoms with Gasteiger partial charge in [0.25, 0.3) is 0 Å². The summed E-state index contributed by atoms with van der Waals surface area (Å²) < 4.78 is 5.83. The van der Waals surface area contributed by atoms with Crippen LogP contribution < -0.4 is 4.74 Å². The summed E-state index contributed by atoms with van der Waals surface area (Å²) in [5, 5.41) is 24.0. The first-order valence-electron chi connectivity index (χ1n) is 8.45. The predicted octanol–water partition coefficient (Wildman–Crippen LogP) is 3.66. The summed E-state index contributed by atoms with van der Waals surface area (Å²) in [6.45, 7) is 3.56. The van der Waals surface area contributed by atoms with Gasteiger partial charge in [-0.15, -0.1) is 0 Å². The van der Waals surface area contributed by atoms with Crippen LogP contribution in [-0.4, -0.2) is 34.6 Å². The number of hydrogen-bond donors (Lipinski definition) is 3. The third-order valence-corrected chi connectivity index (χ3v) is 3.26. The van der Waals surface area contributed by atoms with Crippen molar-refractivity contribution in [1.29, 1.82) is 0 Å². The van der Waals surface area contributed by atoms with Crippen molar-refractivity contribution in [2.24, 2.45) is 0 Å². The van der Waals surface area contributed by atoms with Crippen molar-refractivity contribution in [3.8, 4) is 5.75 Å². The smallest absolute Gasteiger partial charge is 0.126 e. The Morgan fingerprint density at radius 3 is 2.13 bits per heavy atom. The van der Waals surface area contributed by atoms with E-state index in [2.05, 4.69) is 13.0 Å². The van der Waals surface area contributed by atoms with E-state index in [1.165, 1.54) is 32.1 Å². The number of allylic oxidation sites excluding steroid dienone is 2. The molecule has 0 saturated heterocycles. The number of aliphatic hydroxyl groups is 3. The summed E-state index contributed by atoms with van der Waals surface area (Å²) in [6, 6.07) is 10.0. The zero-order valence-corrected chi connectivity index (χ0v) is 14.4. The lowest BCUT2D eigenvalue weighted by Crippen LogP contribution is -2.15. The average molecular weight is 324 g/mol. The standard InChI is InChI=1S/C16H24O.C3H8O3/c1-3-5-6-7-9-12-15(4-2)17-16-13-10-8-11-14-16;4-1-3(6)2-5/h4,8,10-11,13-14H,3,5-7,9,12H2,1-2H3;3-6H,1-2H2. The van der Waals surface area contributed by atoms with Gasteiger partial charge in [0, 0.05) is 6.42 Å². The zero-order chi connectivity index (χ0) is 17.3. The molecule has 0 aliphatic carbocycles. The van der Waals surface area contributed by atoms with Crippen molar-refractivity contribution in [2.45, 2.75) is 58.5 Å². The van der Waals surface area contributed by atoms with Crippen LogP contribution in [0.5, 0.6) is 5.75 Å². The molecule has 1 aromatic rings. The topological polar surface area (TPSA) is 69.9 Å². The molecule has 0 spiro atoms. The SMILES string of the molecule is CC=C(CCCCCCC)Oc1ccccc1.OCC(O)CO. The minimum Gasteiger partial charge on any atom is -0.462 e. The van der Waals surface area contributed by atoms with Crippen LogP contribution in [0.1, 0.15) is 52.4 Å². The highest BCUT2D eigenvalue weighted by Gasteiger charge is 1.99. The van der Waals surface area contributed by atoms with Crippen LogP contribution in [-0.2, 0) is 0 Å². The monoisotopic (exact) mass is 324 g/mol. The lowest BCUT2D eigenvalue weighted by molar-refractivity contribution is 0.0450. The van der Waals surface area contributed by atoms with E-state index in [9.17, 15) is 0 Å². The highest BCUT2D eigenvalue weighted by Crippen LogP contribution is 2.17. The normalized spacial score (nSPS) is 11.1. The van der Waals surface area contributed by atoms with Gasteiger partial charge in [0.05, 0.1) is 19.0 Å². The second-order valence-electron chi connectivity index (χ2n) is 5.35. The molecule has 4 heteroatoms. The molecule has 0 amide bonds. The Morgan fingerprint density at radius 1 is 1.04 bits per heavy atom. The van der Waals surface area contributed by atoms with E-state index in [0.717, 1.165) is 17.9 Å². The number of hydrogen-bond acceptors (Lipinski definition) is 4. The van der Waals surface area contributed by atoms with Crippen LogP contribution in [0.4, 0.5) is 0 Å². The molecule has 0 heterocycles. The van der Waals surface area contributed by atoms with Gasteiger partial charge in [-0.05, 0) is 31.6 Å². The summed E-state index contributed by atoms with van der Waals surface area (Å²) in [4.78, 5) is 0. The van der Waals surface area contributed by atoms with Gasteiger partial charge >= 0.3 is 0 Å². The maximum Gasteiger partial charge on any atom is 0.126 e. The third-order valence-electron chi connectivity index (χ3n) is 3.26. The number of unbranched alkanes of at least 4 members (excludes halogenated alkanes) is 4. The Hall–Kier alpha value is -1.36. The molecule has 0 aliphatic rings. The molecule has 132 valence electrons. The van der Waals surface area contributed by atoms with Gasteiger partial charge in [-0.1, -0.05) is 50.8 Å². The van der Waals surface area contributed by atoms with E-state index in [1.54, 1.807) is 0 Å². The number of aliphatic hydroxyl groups excluding tert-OH is 3. The first-order chi connectivity index (χ1) is 11.2. The molecule has 0 aromatic heterocycles. The van der Waals surface area contributed by atoms with Gasteiger partial charge in [0.2, 0.25) is 0 Å². The predicted molar refractivity (Wildman–Crippen MR) is 94.4 cm³/mol. The van der Waals surface area contributed by atoms with Crippen molar-refractivity contribution >= 4 is 0 Å². The van der Waals surface area contributed by atoms with Crippen LogP contribution in [0.15, 0.2) is 42.2 Å². The Balaban J connectivity index is 0.000000688. The second kappa shape index (κ2) is 15.5. The molecule has 1 aromatic carbocycles. The van der Waals surface area contributed by atoms with Crippen molar-refractivity contribution in [2.75, 3.05) is 13.2 Å². The Labute approximate surface area is 140 Å². The highest BCUT2D eigenvalue weighted by molar-refractivity contribution is 5.23. The maximum absolute atomic E-state index is 8.17. The first-order valence-corrected chi connectivity index (χ1v) is 8.45. The fourth-order valence-corrected chi connectivity index (χ4v) is 1.85. The maximum atomic E-state index is 8.17. The lowest BCUT2D eigenvalue weighted by Gasteiger charge is -2.09. The summed E-state index contributed by atoms with van der Waals surface area (Å²) >= 11 is 0. The molecule has 0 saturated carbocycles. The number of para-hydroxylation sites is 1. The molecule has 0 radical (unpaired) electrons. The Morgan fingerprint density at radius 2 is 1.65 bits per heavy atom. The van der Waals surface area contributed by atoms with Crippen LogP contribution in [0.25, 0.3) is 0 Å². The fourth-order valence-electron chi connectivity index (χ4n) is 1.85. The summed E-state index contributed by atoms with van der Waals surface area (Å²) in [5.41, 5.74) is 0. The summed E-state index contributed by atoms with van der Waals surface area (Å²) in [5.74, 6) is 2.03. The quantitative estimate of drug-likeness (QED) is 0.454. The van der Waals surface area contributed by atoms with Crippen LogP contribution in [0.2, 0.25) is 0 Å². The van der Waals surface area contributed by atoms with E-state index in [4.69, 9.17) is 20.1 Å². The van der Waals surface area contributed by atoms with E-state index in [0.29, 0.717) is 0 Å². The number of benzene rings is 1. The van der Waals surface area contributed by atoms with Crippen molar-refractivity contribution in [3.05, 3.63) is 42.2 Å². The van der Waals surface area contributed by atoms with Crippen LogP contribution in [0.3, 0.4) is 0 Å². The summed E-state index contributed by atoms with van der Waals surface area (Å²) in [7, 11) is 0. The van der Waals surface area contributed by atoms with E-state index >= 15 is 0 Å². The van der Waals surface area contributed by atoms with Gasteiger partial charge in [0.1, 0.15) is 11.9 Å². The van der Waals surface area contributed by atoms with E-state index < -0.39 is 6.10 Å². The van der Waals surface area contributed by atoms with Crippen molar-refractivity contribution < 1.29 is 20.1 Å². The summed E-state index contributed by atoms with van der Waals surface area (Å²) in [6.07, 6.45) is 8.71. The van der Waals surface area contributed by atoms with Gasteiger partial charge in [0.15, 0.2) is 0 Å². The number of rotatable bonds is 10. The zero-order valence-electron chi connectivity index (χ0n) is 14.4. The molecule has 0 aliphatic heterocycles. The van der Waals surface area contributed by atoms with E-state index in [-0.39, 0.29) is 13.2 Å². The Kier molecular flexibility index (Phi) is 14.6. The molecular weight excluding hydrogens is 292 g/mol. The second-order valence-corrected chi connectivity index (χ2v) is 5.35. The minimum atomic E-state index is -0.954. The average Bonchev–Trinajstić information content (AvgIpc) is 2.61. The third kappa shape index (κ3) is 12.8. The fraction of sp³-hybridized carbons (Fsp3) is 0.579. The lowest BCUT2D eigenvalue weighted by atomic mass is 10.1. The minimum absolute atomic E-state index is 0.365. The molecule has 4 nitrogen and oxygen atoms in total. The molecule has 3 N–H and O–H groups in total. The molecule has 0 bridgehead atoms. The highest BCUT2D eigenvalue weighted by atomic mass is 16.5. The molecule has 1 rings (SSSR count). The molecule has 0 unspecified atom stereocenters. The molecular formula is C19H32O4. The number of ether oxygens (including phenoxy) is 1. The van der Waals surface area contributed by atoms with Gasteiger partial charge in [-0.2, -0.15) is 0 Å².